The van der Waals surface area contributed by atoms with E-state index in [1.165, 1.54) is 0 Å². The first-order chi connectivity index (χ1) is 4.41. The molecule has 60 valence electrons. The van der Waals surface area contributed by atoms with E-state index < -0.39 is 0 Å². The van der Waals surface area contributed by atoms with Crippen LogP contribution in [0.5, 0.6) is 0 Å². The molecule has 4 heteroatoms. The van der Waals surface area contributed by atoms with Crippen molar-refractivity contribution in [2.24, 2.45) is 0 Å². The molecule has 1 N–H and O–H groups in total. The van der Waals surface area contributed by atoms with Crippen LogP contribution >= 0.6 is 0 Å². The van der Waals surface area contributed by atoms with Crippen molar-refractivity contribution in [3.05, 3.63) is 0 Å². The first kappa shape index (κ1) is 14.0. The summed E-state index contributed by atoms with van der Waals surface area (Å²) in [7, 11) is 0. The molecule has 0 rings (SSSR count). The predicted octanol–water partition coefficient (Wildman–Crippen LogP) is -0.884. The van der Waals surface area contributed by atoms with Crippen LogP contribution in [0.2, 0.25) is 0 Å². The monoisotopic (exact) mass is 274 g/mol. The molecule has 0 saturated heterocycles. The Morgan fingerprint density at radius 3 is 2.20 bits per heavy atom. The van der Waals surface area contributed by atoms with E-state index in [4.69, 9.17) is 14.6 Å². The van der Waals surface area contributed by atoms with Gasteiger partial charge in [-0.05, 0) is 6.92 Å². The molecular weight excluding hydrogens is 257 g/mol. The summed E-state index contributed by atoms with van der Waals surface area (Å²) in [5.74, 6) is 0. The summed E-state index contributed by atoms with van der Waals surface area (Å²) < 4.78 is 9.88. The Morgan fingerprint density at radius 1 is 1.10 bits per heavy atom. The SMILES string of the molecule is CCOCCOCCO.[BaH2]. The number of ether oxygens (including phenoxy) is 2. The Labute approximate surface area is 102 Å². The fraction of sp³-hybridized carbons (Fsp3) is 1.00. The quantitative estimate of drug-likeness (QED) is 0.504. The minimum atomic E-state index is 0. The Hall–Kier alpha value is 1.45. The van der Waals surface area contributed by atoms with E-state index in [9.17, 15) is 0 Å². The van der Waals surface area contributed by atoms with Gasteiger partial charge in [0.25, 0.3) is 0 Å². The molecule has 0 bridgehead atoms. The normalized spacial score (nSPS) is 9.00. The molecule has 0 aromatic heterocycles. The maximum atomic E-state index is 8.26. The second kappa shape index (κ2) is 13.1. The van der Waals surface area contributed by atoms with Crippen LogP contribution in [0, 0.1) is 0 Å². The van der Waals surface area contributed by atoms with Crippen LogP contribution < -0.4 is 0 Å². The fourth-order valence-corrected chi connectivity index (χ4v) is 0.429. The van der Waals surface area contributed by atoms with Gasteiger partial charge in [0, 0.05) is 6.61 Å². The van der Waals surface area contributed by atoms with Crippen LogP contribution in [0.15, 0.2) is 0 Å². The zero-order valence-corrected chi connectivity index (χ0v) is 5.80. The number of rotatable bonds is 6. The fourth-order valence-electron chi connectivity index (χ4n) is 0.429. The molecule has 0 radical (unpaired) electrons. The summed E-state index contributed by atoms with van der Waals surface area (Å²) in [5, 5.41) is 8.26. The summed E-state index contributed by atoms with van der Waals surface area (Å²) in [6.45, 7) is 4.36. The first-order valence-electron chi connectivity index (χ1n) is 3.18. The minimum absolute atomic E-state index is 0. The molecule has 0 aromatic carbocycles. The molecule has 0 aromatic rings. The molecule has 0 atom stereocenters. The molecular formula is C6H16BaO3. The van der Waals surface area contributed by atoms with E-state index in [0.717, 1.165) is 6.61 Å². The van der Waals surface area contributed by atoms with Gasteiger partial charge in [-0.2, -0.15) is 0 Å². The number of aliphatic hydroxyl groups excluding tert-OH is 1. The van der Waals surface area contributed by atoms with Crippen molar-refractivity contribution in [2.45, 2.75) is 6.92 Å². The zero-order chi connectivity index (χ0) is 6.95. The van der Waals surface area contributed by atoms with Crippen LogP contribution in [0.1, 0.15) is 6.92 Å². The van der Waals surface area contributed by atoms with Crippen molar-refractivity contribution in [1.82, 2.24) is 0 Å². The van der Waals surface area contributed by atoms with Crippen molar-refractivity contribution in [3.8, 4) is 0 Å². The van der Waals surface area contributed by atoms with Gasteiger partial charge in [0.15, 0.2) is 0 Å². The van der Waals surface area contributed by atoms with E-state index in [1.807, 2.05) is 6.92 Å². The van der Waals surface area contributed by atoms with Crippen molar-refractivity contribution in [2.75, 3.05) is 33.0 Å². The molecule has 0 aliphatic heterocycles. The van der Waals surface area contributed by atoms with Crippen LogP contribution in [-0.2, 0) is 9.47 Å². The predicted molar refractivity (Wildman–Crippen MR) is 42.9 cm³/mol. The average molecular weight is 274 g/mol. The van der Waals surface area contributed by atoms with E-state index >= 15 is 0 Å². The maximum absolute atomic E-state index is 8.26. The third kappa shape index (κ3) is 12.2. The summed E-state index contributed by atoms with van der Waals surface area (Å²) >= 11 is 0. The molecule has 0 fully saturated rings. The van der Waals surface area contributed by atoms with Crippen molar-refractivity contribution in [1.29, 1.82) is 0 Å². The van der Waals surface area contributed by atoms with Gasteiger partial charge in [-0.3, -0.25) is 0 Å². The third-order valence-corrected chi connectivity index (χ3v) is 0.812. The van der Waals surface area contributed by atoms with E-state index in [-0.39, 0.29) is 55.5 Å². The number of aliphatic hydroxyl groups is 1. The Morgan fingerprint density at radius 2 is 1.70 bits per heavy atom. The summed E-state index contributed by atoms with van der Waals surface area (Å²) in [6, 6.07) is 0. The van der Waals surface area contributed by atoms with Gasteiger partial charge >= 0.3 is 48.9 Å². The first-order valence-corrected chi connectivity index (χ1v) is 3.18. The molecule has 0 saturated carbocycles. The Balaban J connectivity index is 0. The average Bonchev–Trinajstić information content (AvgIpc) is 1.89. The summed E-state index contributed by atoms with van der Waals surface area (Å²) in [5.41, 5.74) is 0. The van der Waals surface area contributed by atoms with E-state index in [2.05, 4.69) is 0 Å². The van der Waals surface area contributed by atoms with Gasteiger partial charge < -0.3 is 14.6 Å². The van der Waals surface area contributed by atoms with Gasteiger partial charge in [0.1, 0.15) is 0 Å². The molecule has 0 aliphatic carbocycles. The second-order valence-electron chi connectivity index (χ2n) is 1.53. The Kier molecular flexibility index (Phi) is 18.3. The van der Waals surface area contributed by atoms with Crippen molar-refractivity contribution in [3.63, 3.8) is 0 Å². The molecule has 10 heavy (non-hydrogen) atoms. The standard InChI is InChI=1S/C6H14O3.Ba.2H/c1-2-8-5-6-9-4-3-7;;;/h7H,2-6H2,1H3;;;. The molecule has 3 nitrogen and oxygen atoms in total. The van der Waals surface area contributed by atoms with Gasteiger partial charge in [0.05, 0.1) is 26.4 Å². The van der Waals surface area contributed by atoms with Crippen LogP contribution in [0.25, 0.3) is 0 Å². The van der Waals surface area contributed by atoms with Gasteiger partial charge in [-0.1, -0.05) is 0 Å². The molecule has 0 heterocycles. The summed E-state index contributed by atoms with van der Waals surface area (Å²) in [6.07, 6.45) is 0. The molecule has 0 aliphatic rings. The van der Waals surface area contributed by atoms with E-state index in [1.54, 1.807) is 0 Å². The molecule has 0 spiro atoms. The van der Waals surface area contributed by atoms with Crippen LogP contribution in [0.3, 0.4) is 0 Å². The topological polar surface area (TPSA) is 38.7 Å². The molecule has 0 amide bonds. The van der Waals surface area contributed by atoms with Crippen LogP contribution in [-0.4, -0.2) is 87.0 Å². The van der Waals surface area contributed by atoms with Crippen molar-refractivity contribution < 1.29 is 14.6 Å². The second-order valence-corrected chi connectivity index (χ2v) is 1.53. The van der Waals surface area contributed by atoms with Gasteiger partial charge in [0.2, 0.25) is 0 Å². The van der Waals surface area contributed by atoms with E-state index in [0.29, 0.717) is 19.8 Å². The number of hydrogen-bond donors (Lipinski definition) is 1. The molecule has 0 unspecified atom stereocenters. The number of hydrogen-bond acceptors (Lipinski definition) is 3. The van der Waals surface area contributed by atoms with Crippen LogP contribution in [0.4, 0.5) is 0 Å². The zero-order valence-electron chi connectivity index (χ0n) is 5.80. The van der Waals surface area contributed by atoms with Gasteiger partial charge in [-0.25, -0.2) is 0 Å². The summed E-state index contributed by atoms with van der Waals surface area (Å²) in [4.78, 5) is 0. The Bertz CT molecular complexity index is 46.3. The third-order valence-electron chi connectivity index (χ3n) is 0.812. The van der Waals surface area contributed by atoms with Crippen molar-refractivity contribution >= 4 is 48.9 Å². The van der Waals surface area contributed by atoms with Gasteiger partial charge in [-0.15, -0.1) is 0 Å².